The third-order valence-corrected chi connectivity index (χ3v) is 4.13. The number of fused-ring (bicyclic) bond motifs is 1. The van der Waals surface area contributed by atoms with E-state index >= 15 is 0 Å². The van der Waals surface area contributed by atoms with Crippen molar-refractivity contribution in [1.29, 1.82) is 0 Å². The smallest absolute Gasteiger partial charge is 0.251 e. The van der Waals surface area contributed by atoms with Crippen molar-refractivity contribution < 1.29 is 24.9 Å². The number of aliphatic hydroxyl groups excluding tert-OH is 1. The van der Waals surface area contributed by atoms with Gasteiger partial charge in [-0.05, 0) is 45.6 Å². The molecule has 0 radical (unpaired) electrons. The molecule has 0 spiro atoms. The van der Waals surface area contributed by atoms with Gasteiger partial charge in [0.05, 0.1) is 4.47 Å². The zero-order chi connectivity index (χ0) is 18.0. The molecule has 7 heteroatoms. The Balaban J connectivity index is 2.56. The van der Waals surface area contributed by atoms with E-state index in [4.69, 9.17) is 0 Å². The molecule has 0 unspecified atom stereocenters. The summed E-state index contributed by atoms with van der Waals surface area (Å²) < 4.78 is 0.234. The van der Waals surface area contributed by atoms with E-state index in [0.29, 0.717) is 12.1 Å². The average molecular weight is 396 g/mol. The lowest BCUT2D eigenvalue weighted by atomic mass is 9.94. The summed E-state index contributed by atoms with van der Waals surface area (Å²) in [5, 5.41) is 32.5. The van der Waals surface area contributed by atoms with Gasteiger partial charge in [0.2, 0.25) is 5.78 Å². The van der Waals surface area contributed by atoms with Gasteiger partial charge in [-0.15, -0.1) is 0 Å². The highest BCUT2D eigenvalue weighted by Gasteiger charge is 2.23. The molecule has 1 aliphatic carbocycles. The Kier molecular flexibility index (Phi) is 5.33. The van der Waals surface area contributed by atoms with Gasteiger partial charge in [0.15, 0.2) is 17.3 Å². The van der Waals surface area contributed by atoms with Crippen molar-refractivity contribution in [1.82, 2.24) is 5.32 Å². The maximum atomic E-state index is 12.3. The van der Waals surface area contributed by atoms with Gasteiger partial charge in [0, 0.05) is 24.1 Å². The molecule has 0 bridgehead atoms. The number of carbonyl (C=O) groups excluding carboxylic acids is 2. The lowest BCUT2D eigenvalue weighted by molar-refractivity contribution is -0.117. The van der Waals surface area contributed by atoms with Crippen molar-refractivity contribution >= 4 is 33.7 Å². The largest absolute Gasteiger partial charge is 0.504 e. The first-order valence-corrected chi connectivity index (χ1v) is 8.17. The molecule has 0 aromatic heterocycles. The van der Waals surface area contributed by atoms with E-state index in [0.717, 1.165) is 6.08 Å². The van der Waals surface area contributed by atoms with Gasteiger partial charge >= 0.3 is 0 Å². The first kappa shape index (κ1) is 18.1. The number of phenolic OH excluding ortho intramolecular Hbond substituents is 2. The highest BCUT2D eigenvalue weighted by atomic mass is 79.9. The number of allylic oxidation sites excluding steroid dienone is 1. The van der Waals surface area contributed by atoms with Gasteiger partial charge in [-0.1, -0.05) is 13.8 Å². The van der Waals surface area contributed by atoms with Crippen molar-refractivity contribution in [3.05, 3.63) is 39.1 Å². The van der Waals surface area contributed by atoms with Crippen molar-refractivity contribution in [2.45, 2.75) is 20.3 Å². The number of carbonyl (C=O) groups is 2. The Morgan fingerprint density at radius 1 is 1.25 bits per heavy atom. The predicted octanol–water partition coefficient (Wildman–Crippen LogP) is 2.58. The first-order chi connectivity index (χ1) is 11.2. The van der Waals surface area contributed by atoms with E-state index in [-0.39, 0.29) is 27.9 Å². The monoisotopic (exact) mass is 395 g/mol. The van der Waals surface area contributed by atoms with Crippen molar-refractivity contribution in [3.8, 4) is 11.5 Å². The van der Waals surface area contributed by atoms with E-state index in [1.807, 2.05) is 13.8 Å². The number of rotatable bonds is 3. The van der Waals surface area contributed by atoms with E-state index in [1.54, 1.807) is 0 Å². The SMILES string of the molecule is CC(C)CNC(=O)C1=Cc2cc(Br)c(O)c(O)c2CC(=O)C(O)=C1. The molecule has 0 aliphatic heterocycles. The second-order valence-electron chi connectivity index (χ2n) is 5.96. The molecule has 0 heterocycles. The maximum absolute atomic E-state index is 12.3. The van der Waals surface area contributed by atoms with Crippen LogP contribution in [0.25, 0.3) is 6.08 Å². The van der Waals surface area contributed by atoms with Crippen LogP contribution in [-0.4, -0.2) is 33.6 Å². The van der Waals surface area contributed by atoms with Gasteiger partial charge in [-0.2, -0.15) is 0 Å². The summed E-state index contributed by atoms with van der Waals surface area (Å²) in [4.78, 5) is 24.3. The number of benzene rings is 1. The molecular weight excluding hydrogens is 378 g/mol. The minimum absolute atomic E-state index is 0.0828. The summed E-state index contributed by atoms with van der Waals surface area (Å²) >= 11 is 3.11. The topological polar surface area (TPSA) is 107 Å². The second-order valence-corrected chi connectivity index (χ2v) is 6.81. The molecule has 128 valence electrons. The van der Waals surface area contributed by atoms with Crippen LogP contribution < -0.4 is 5.32 Å². The molecular formula is C17H18BrNO5. The number of hydrogen-bond acceptors (Lipinski definition) is 5. The normalized spacial score (nSPS) is 14.4. The molecule has 1 aromatic rings. The summed E-state index contributed by atoms with van der Waals surface area (Å²) in [7, 11) is 0. The number of nitrogens with one attached hydrogen (secondary N) is 1. The van der Waals surface area contributed by atoms with Gasteiger partial charge in [0.25, 0.3) is 5.91 Å². The molecule has 0 atom stereocenters. The lowest BCUT2D eigenvalue weighted by Crippen LogP contribution is -2.28. The fourth-order valence-electron chi connectivity index (χ4n) is 2.22. The molecule has 0 saturated heterocycles. The molecule has 4 N–H and O–H groups in total. The fourth-order valence-corrected chi connectivity index (χ4v) is 2.65. The van der Waals surface area contributed by atoms with Crippen molar-refractivity contribution in [2.75, 3.05) is 6.54 Å². The highest BCUT2D eigenvalue weighted by molar-refractivity contribution is 9.10. The van der Waals surface area contributed by atoms with Gasteiger partial charge < -0.3 is 20.6 Å². The molecule has 0 saturated carbocycles. The van der Waals surface area contributed by atoms with Crippen molar-refractivity contribution in [2.24, 2.45) is 5.92 Å². The van der Waals surface area contributed by atoms with Crippen molar-refractivity contribution in [3.63, 3.8) is 0 Å². The number of aromatic hydroxyl groups is 2. The van der Waals surface area contributed by atoms with Crippen LogP contribution in [0.2, 0.25) is 0 Å². The molecule has 6 nitrogen and oxygen atoms in total. The van der Waals surface area contributed by atoms with Crippen LogP contribution >= 0.6 is 15.9 Å². The van der Waals surface area contributed by atoms with Crippen LogP contribution in [-0.2, 0) is 16.0 Å². The second kappa shape index (κ2) is 7.09. The van der Waals surface area contributed by atoms with E-state index in [1.165, 1.54) is 12.1 Å². The Labute approximate surface area is 147 Å². The summed E-state index contributed by atoms with van der Waals surface area (Å²) in [5.41, 5.74) is 0.637. The predicted molar refractivity (Wildman–Crippen MR) is 92.7 cm³/mol. The quantitative estimate of drug-likeness (QED) is 0.588. The maximum Gasteiger partial charge on any atom is 0.251 e. The van der Waals surface area contributed by atoms with Gasteiger partial charge in [0.1, 0.15) is 0 Å². The number of hydrogen-bond donors (Lipinski definition) is 4. The minimum atomic E-state index is -0.657. The minimum Gasteiger partial charge on any atom is -0.504 e. The fraction of sp³-hybridized carbons (Fsp3) is 0.294. The van der Waals surface area contributed by atoms with Gasteiger partial charge in [-0.25, -0.2) is 0 Å². The van der Waals surface area contributed by atoms with Crippen LogP contribution in [0.1, 0.15) is 25.0 Å². The third-order valence-electron chi connectivity index (χ3n) is 3.53. The standard InChI is InChI=1S/C17H18BrNO5/c1-8(2)7-19-17(24)10-3-9-4-12(18)16(23)15(22)11(9)6-14(21)13(20)5-10/h3-5,8,20,22-23H,6-7H2,1-2H3,(H,19,24). The van der Waals surface area contributed by atoms with Crippen LogP contribution in [0.5, 0.6) is 11.5 Å². The molecule has 24 heavy (non-hydrogen) atoms. The van der Waals surface area contributed by atoms with Crippen LogP contribution in [0.4, 0.5) is 0 Å². The Morgan fingerprint density at radius 2 is 1.92 bits per heavy atom. The summed E-state index contributed by atoms with van der Waals surface area (Å²) in [5.74, 6) is -2.29. The molecule has 1 aromatic carbocycles. The third kappa shape index (κ3) is 3.79. The average Bonchev–Trinajstić information content (AvgIpc) is 2.51. The number of Topliss-reactive ketones (excluding diaryl/α,β-unsaturated/α-hetero) is 1. The molecule has 1 amide bonds. The summed E-state index contributed by atoms with van der Waals surface area (Å²) in [6, 6.07) is 1.50. The molecule has 0 fully saturated rings. The zero-order valence-electron chi connectivity index (χ0n) is 13.3. The Bertz CT molecular complexity index is 765. The highest BCUT2D eigenvalue weighted by Crippen LogP contribution is 2.40. The molecule has 1 aliphatic rings. The molecule has 2 rings (SSSR count). The van der Waals surface area contributed by atoms with Crippen LogP contribution in [0.15, 0.2) is 27.9 Å². The number of phenols is 2. The van der Waals surface area contributed by atoms with E-state index < -0.39 is 28.9 Å². The van der Waals surface area contributed by atoms with Crippen LogP contribution in [0, 0.1) is 5.92 Å². The number of halogens is 1. The number of aliphatic hydroxyl groups is 1. The zero-order valence-corrected chi connectivity index (χ0v) is 14.8. The van der Waals surface area contributed by atoms with E-state index in [2.05, 4.69) is 21.2 Å². The number of amides is 1. The Hall–Kier alpha value is -2.28. The lowest BCUT2D eigenvalue weighted by Gasteiger charge is -2.15. The van der Waals surface area contributed by atoms with Gasteiger partial charge in [-0.3, -0.25) is 9.59 Å². The summed E-state index contributed by atoms with van der Waals surface area (Å²) in [6.45, 7) is 4.32. The van der Waals surface area contributed by atoms with E-state index in [9.17, 15) is 24.9 Å². The summed E-state index contributed by atoms with van der Waals surface area (Å²) in [6.07, 6.45) is 2.28. The Morgan fingerprint density at radius 3 is 2.54 bits per heavy atom. The number of ketones is 1. The van der Waals surface area contributed by atoms with Crippen LogP contribution in [0.3, 0.4) is 0 Å². The first-order valence-electron chi connectivity index (χ1n) is 7.37.